The maximum atomic E-state index is 11.4. The molecule has 5 nitrogen and oxygen atoms in total. The fraction of sp³-hybridized carbons (Fsp3) is 0.0556. The second-order valence-electron chi connectivity index (χ2n) is 5.50. The number of nitrogens with one attached hydrogen (secondary N) is 1. The number of fused-ring (bicyclic) bond motifs is 1. The number of hydrogen-bond acceptors (Lipinski definition) is 3. The number of benzene rings is 2. The lowest BCUT2D eigenvalue weighted by molar-refractivity contribution is 0.677. The monoisotopic (exact) mass is 336 g/mol. The van der Waals surface area contributed by atoms with Crippen molar-refractivity contribution in [3.05, 3.63) is 94.0 Å². The van der Waals surface area contributed by atoms with Crippen LogP contribution in [0.5, 0.6) is 0 Å². The van der Waals surface area contributed by atoms with Crippen LogP contribution in [0.4, 0.5) is 0 Å². The Morgan fingerprint density at radius 3 is 2.79 bits per heavy atom. The SMILES string of the molecule is O=c1ncc2cc(C(c3cccc(Cl)c3)n3ccnc3)ccc2[nH]1. The molecule has 24 heavy (non-hydrogen) atoms. The number of aromatic nitrogens is 4. The van der Waals surface area contributed by atoms with Crippen molar-refractivity contribution in [3.63, 3.8) is 0 Å². The molecule has 2 aromatic carbocycles. The maximum Gasteiger partial charge on any atom is 0.345 e. The van der Waals surface area contributed by atoms with E-state index >= 15 is 0 Å². The van der Waals surface area contributed by atoms with E-state index in [0.29, 0.717) is 5.02 Å². The normalized spacial score (nSPS) is 12.4. The van der Waals surface area contributed by atoms with Crippen molar-refractivity contribution in [2.75, 3.05) is 0 Å². The molecule has 118 valence electrons. The van der Waals surface area contributed by atoms with E-state index in [1.165, 1.54) is 0 Å². The van der Waals surface area contributed by atoms with Crippen molar-refractivity contribution in [1.29, 1.82) is 0 Å². The molecule has 4 aromatic rings. The lowest BCUT2D eigenvalue weighted by atomic mass is 9.97. The largest absolute Gasteiger partial charge is 0.345 e. The number of hydrogen-bond donors (Lipinski definition) is 1. The van der Waals surface area contributed by atoms with Gasteiger partial charge in [-0.2, -0.15) is 0 Å². The standard InChI is InChI=1S/C18H13ClN4O/c19-15-3-1-2-12(9-15)17(23-7-6-20-11-23)13-4-5-16-14(8-13)10-21-18(24)22-16/h1-11,17H,(H,21,22,24). The highest BCUT2D eigenvalue weighted by Crippen LogP contribution is 2.29. The molecule has 0 radical (unpaired) electrons. The predicted octanol–water partition coefficient (Wildman–Crippen LogP) is 3.41. The molecule has 0 spiro atoms. The zero-order chi connectivity index (χ0) is 16.5. The van der Waals surface area contributed by atoms with Crippen LogP contribution in [-0.2, 0) is 0 Å². The van der Waals surface area contributed by atoms with E-state index in [-0.39, 0.29) is 11.7 Å². The van der Waals surface area contributed by atoms with Gasteiger partial charge in [-0.25, -0.2) is 14.8 Å². The van der Waals surface area contributed by atoms with E-state index in [1.54, 1.807) is 18.7 Å². The lowest BCUT2D eigenvalue weighted by Crippen LogP contribution is -2.12. The van der Waals surface area contributed by atoms with Gasteiger partial charge in [-0.15, -0.1) is 0 Å². The Morgan fingerprint density at radius 1 is 1.12 bits per heavy atom. The summed E-state index contributed by atoms with van der Waals surface area (Å²) in [6.07, 6.45) is 7.03. The summed E-state index contributed by atoms with van der Waals surface area (Å²) in [5.41, 5.74) is 2.51. The minimum absolute atomic E-state index is 0.0671. The summed E-state index contributed by atoms with van der Waals surface area (Å²) in [4.78, 5) is 22.1. The van der Waals surface area contributed by atoms with Gasteiger partial charge in [0.25, 0.3) is 0 Å². The van der Waals surface area contributed by atoms with Gasteiger partial charge in [-0.3, -0.25) is 0 Å². The van der Waals surface area contributed by atoms with Crippen molar-refractivity contribution in [2.45, 2.75) is 6.04 Å². The first kappa shape index (κ1) is 14.7. The molecule has 0 aliphatic heterocycles. The molecule has 0 aliphatic rings. The van der Waals surface area contributed by atoms with Gasteiger partial charge >= 0.3 is 5.69 Å². The number of imidazole rings is 1. The highest BCUT2D eigenvalue weighted by molar-refractivity contribution is 6.30. The highest BCUT2D eigenvalue weighted by Gasteiger charge is 2.17. The van der Waals surface area contributed by atoms with Gasteiger partial charge < -0.3 is 9.55 Å². The number of nitrogens with zero attached hydrogens (tertiary/aromatic N) is 3. The summed E-state index contributed by atoms with van der Waals surface area (Å²) in [5.74, 6) is 0. The topological polar surface area (TPSA) is 63.6 Å². The number of halogens is 1. The molecular weight excluding hydrogens is 324 g/mol. The lowest BCUT2D eigenvalue weighted by Gasteiger charge is -2.20. The van der Waals surface area contributed by atoms with E-state index in [2.05, 4.69) is 15.0 Å². The fourth-order valence-corrected chi connectivity index (χ4v) is 3.08. The first-order valence-corrected chi connectivity index (χ1v) is 7.80. The smallest absolute Gasteiger partial charge is 0.326 e. The van der Waals surface area contributed by atoms with Crippen molar-refractivity contribution < 1.29 is 0 Å². The first-order valence-electron chi connectivity index (χ1n) is 7.42. The van der Waals surface area contributed by atoms with Crippen molar-refractivity contribution in [1.82, 2.24) is 19.5 Å². The zero-order valence-corrected chi connectivity index (χ0v) is 13.3. The molecule has 1 atom stereocenters. The van der Waals surface area contributed by atoms with Crippen LogP contribution in [0.25, 0.3) is 10.9 Å². The Labute approximate surface area is 142 Å². The summed E-state index contributed by atoms with van der Waals surface area (Å²) in [5, 5.41) is 1.56. The zero-order valence-electron chi connectivity index (χ0n) is 12.6. The Morgan fingerprint density at radius 2 is 2.00 bits per heavy atom. The van der Waals surface area contributed by atoms with Gasteiger partial charge in [0.15, 0.2) is 0 Å². The Hall–Kier alpha value is -2.92. The molecule has 6 heteroatoms. The quantitative estimate of drug-likeness (QED) is 0.623. The van der Waals surface area contributed by atoms with E-state index in [1.807, 2.05) is 53.2 Å². The highest BCUT2D eigenvalue weighted by atomic mass is 35.5. The Balaban J connectivity index is 1.90. The average molecular weight is 337 g/mol. The van der Waals surface area contributed by atoms with Gasteiger partial charge in [0.05, 0.1) is 17.9 Å². The summed E-state index contributed by atoms with van der Waals surface area (Å²) in [6, 6.07) is 13.6. The minimum atomic E-state index is -0.351. The van der Waals surface area contributed by atoms with E-state index in [0.717, 1.165) is 22.0 Å². The summed E-state index contributed by atoms with van der Waals surface area (Å²) in [7, 11) is 0. The summed E-state index contributed by atoms with van der Waals surface area (Å²) < 4.78 is 2.02. The number of H-pyrrole nitrogens is 1. The van der Waals surface area contributed by atoms with Crippen LogP contribution in [0, 0.1) is 0 Å². The molecule has 1 N–H and O–H groups in total. The predicted molar refractivity (Wildman–Crippen MR) is 93.3 cm³/mol. The third-order valence-electron chi connectivity index (χ3n) is 3.94. The van der Waals surface area contributed by atoms with Crippen LogP contribution >= 0.6 is 11.6 Å². The second-order valence-corrected chi connectivity index (χ2v) is 5.94. The van der Waals surface area contributed by atoms with Gasteiger partial charge in [-0.1, -0.05) is 29.8 Å². The molecule has 0 amide bonds. The second kappa shape index (κ2) is 5.94. The van der Waals surface area contributed by atoms with Gasteiger partial charge in [0.2, 0.25) is 0 Å². The van der Waals surface area contributed by atoms with Crippen LogP contribution in [0.1, 0.15) is 17.2 Å². The summed E-state index contributed by atoms with van der Waals surface area (Å²) in [6.45, 7) is 0. The number of aromatic amines is 1. The van der Waals surface area contributed by atoms with Crippen LogP contribution in [0.3, 0.4) is 0 Å². The Kier molecular flexibility index (Phi) is 3.63. The van der Waals surface area contributed by atoms with Crippen LogP contribution in [0.2, 0.25) is 5.02 Å². The molecule has 0 aliphatic carbocycles. The van der Waals surface area contributed by atoms with Gasteiger partial charge in [-0.05, 0) is 35.4 Å². The third-order valence-corrected chi connectivity index (χ3v) is 4.18. The molecule has 2 heterocycles. The van der Waals surface area contributed by atoms with E-state index in [4.69, 9.17) is 11.6 Å². The van der Waals surface area contributed by atoms with Crippen molar-refractivity contribution in [3.8, 4) is 0 Å². The van der Waals surface area contributed by atoms with Crippen molar-refractivity contribution in [2.24, 2.45) is 0 Å². The van der Waals surface area contributed by atoms with Crippen LogP contribution < -0.4 is 5.69 Å². The molecule has 4 rings (SSSR count). The van der Waals surface area contributed by atoms with Crippen molar-refractivity contribution >= 4 is 22.5 Å². The fourth-order valence-electron chi connectivity index (χ4n) is 2.88. The average Bonchev–Trinajstić information content (AvgIpc) is 3.09. The third kappa shape index (κ3) is 2.70. The molecular formula is C18H13ClN4O. The molecule has 0 fully saturated rings. The van der Waals surface area contributed by atoms with Crippen LogP contribution in [0.15, 0.2) is 72.2 Å². The van der Waals surface area contributed by atoms with E-state index in [9.17, 15) is 4.79 Å². The molecule has 0 bridgehead atoms. The maximum absolute atomic E-state index is 11.4. The summed E-state index contributed by atoms with van der Waals surface area (Å²) >= 11 is 6.18. The Bertz CT molecular complexity index is 1060. The molecule has 2 aromatic heterocycles. The molecule has 1 unspecified atom stereocenters. The molecule has 0 saturated carbocycles. The number of rotatable bonds is 3. The minimum Gasteiger partial charge on any atom is -0.326 e. The van der Waals surface area contributed by atoms with Crippen LogP contribution in [-0.4, -0.2) is 19.5 Å². The van der Waals surface area contributed by atoms with Gasteiger partial charge in [0, 0.05) is 29.0 Å². The van der Waals surface area contributed by atoms with E-state index < -0.39 is 0 Å². The molecule has 0 saturated heterocycles. The first-order chi connectivity index (χ1) is 11.7. The van der Waals surface area contributed by atoms with Gasteiger partial charge in [0.1, 0.15) is 0 Å².